The van der Waals surface area contributed by atoms with E-state index in [-0.39, 0.29) is 22.3 Å². The lowest BCUT2D eigenvalue weighted by Crippen LogP contribution is -2.23. The van der Waals surface area contributed by atoms with Gasteiger partial charge in [-0.05, 0) is 57.0 Å². The number of hydrogen-bond donors (Lipinski definition) is 1. The molecule has 0 fully saturated rings. The van der Waals surface area contributed by atoms with Gasteiger partial charge in [-0.1, -0.05) is 24.3 Å². The maximum Gasteiger partial charge on any atom is 0.342 e. The highest BCUT2D eigenvalue weighted by Crippen LogP contribution is 2.26. The van der Waals surface area contributed by atoms with Gasteiger partial charge in [0.25, 0.3) is 5.91 Å². The van der Waals surface area contributed by atoms with Gasteiger partial charge in [0, 0.05) is 12.1 Å². The number of hydrogen-bond acceptors (Lipinski definition) is 7. The number of esters is 1. The summed E-state index contributed by atoms with van der Waals surface area (Å²) in [5.41, 5.74) is 1.14. The summed E-state index contributed by atoms with van der Waals surface area (Å²) in [6, 6.07) is 12.4. The van der Waals surface area contributed by atoms with Gasteiger partial charge in [-0.25, -0.2) is 9.48 Å². The minimum atomic E-state index is -4.20. The molecular formula is C23H25N3O6S. The molecule has 0 unspecified atom stereocenters. The van der Waals surface area contributed by atoms with Crippen molar-refractivity contribution in [3.63, 3.8) is 0 Å². The first kappa shape index (κ1) is 24.0. The molecule has 0 aliphatic carbocycles. The molecule has 0 atom stereocenters. The van der Waals surface area contributed by atoms with E-state index in [1.54, 1.807) is 42.9 Å². The van der Waals surface area contributed by atoms with Gasteiger partial charge in [0.1, 0.15) is 16.3 Å². The number of aromatic nitrogens is 2. The predicted molar refractivity (Wildman–Crippen MR) is 122 cm³/mol. The molecule has 2 aromatic carbocycles. The van der Waals surface area contributed by atoms with E-state index >= 15 is 0 Å². The fourth-order valence-electron chi connectivity index (χ4n) is 3.06. The van der Waals surface area contributed by atoms with Crippen LogP contribution in [0.2, 0.25) is 0 Å². The van der Waals surface area contributed by atoms with Crippen LogP contribution in [0.1, 0.15) is 41.4 Å². The third kappa shape index (κ3) is 5.78. The van der Waals surface area contributed by atoms with Crippen molar-refractivity contribution in [2.45, 2.75) is 38.6 Å². The Morgan fingerprint density at radius 3 is 2.55 bits per heavy atom. The number of anilines is 1. The molecule has 1 amide bonds. The smallest absolute Gasteiger partial charge is 0.342 e. The Labute approximate surface area is 192 Å². The number of carbonyl (C=O) groups excluding carboxylic acids is 2. The monoisotopic (exact) mass is 471 g/mol. The highest BCUT2D eigenvalue weighted by molar-refractivity contribution is 7.87. The van der Waals surface area contributed by atoms with Crippen LogP contribution in [0.3, 0.4) is 0 Å². The summed E-state index contributed by atoms with van der Waals surface area (Å²) in [6.07, 6.45) is 1.55. The van der Waals surface area contributed by atoms with Gasteiger partial charge in [0.05, 0.1) is 6.20 Å². The van der Waals surface area contributed by atoms with E-state index in [1.807, 2.05) is 13.8 Å². The lowest BCUT2D eigenvalue weighted by Gasteiger charge is -2.13. The van der Waals surface area contributed by atoms with Crippen LogP contribution >= 0.6 is 0 Å². The lowest BCUT2D eigenvalue weighted by molar-refractivity contribution is -0.119. The van der Waals surface area contributed by atoms with Crippen molar-refractivity contribution in [1.82, 2.24) is 9.78 Å². The van der Waals surface area contributed by atoms with Crippen LogP contribution in [0.25, 0.3) is 0 Å². The second-order valence-electron chi connectivity index (χ2n) is 7.68. The van der Waals surface area contributed by atoms with E-state index in [4.69, 9.17) is 8.92 Å². The maximum absolute atomic E-state index is 12.8. The molecular weight excluding hydrogens is 446 g/mol. The van der Waals surface area contributed by atoms with Crippen molar-refractivity contribution in [2.24, 2.45) is 0 Å². The summed E-state index contributed by atoms with van der Waals surface area (Å²) in [6.45, 7) is 6.67. The normalized spacial score (nSPS) is 11.3. The zero-order valence-electron chi connectivity index (χ0n) is 18.7. The van der Waals surface area contributed by atoms with Crippen molar-refractivity contribution in [3.8, 4) is 5.75 Å². The third-order valence-electron chi connectivity index (χ3n) is 4.68. The molecule has 0 aliphatic rings. The first-order valence-corrected chi connectivity index (χ1v) is 11.6. The molecule has 0 saturated heterocycles. The van der Waals surface area contributed by atoms with Gasteiger partial charge in [-0.3, -0.25) is 4.79 Å². The molecule has 3 rings (SSSR count). The van der Waals surface area contributed by atoms with Crippen LogP contribution in [0.15, 0.2) is 59.6 Å². The zero-order chi connectivity index (χ0) is 24.2. The fourth-order valence-corrected chi connectivity index (χ4v) is 4.32. The topological polar surface area (TPSA) is 117 Å². The lowest BCUT2D eigenvalue weighted by atomic mass is 10.2. The Hall–Kier alpha value is -3.66. The second kappa shape index (κ2) is 9.86. The maximum atomic E-state index is 12.8. The van der Waals surface area contributed by atoms with Crippen molar-refractivity contribution in [2.75, 3.05) is 11.9 Å². The van der Waals surface area contributed by atoms with E-state index in [2.05, 4.69) is 10.4 Å². The van der Waals surface area contributed by atoms with E-state index in [1.165, 1.54) is 30.3 Å². The molecule has 9 nitrogen and oxygen atoms in total. The van der Waals surface area contributed by atoms with Gasteiger partial charge in [-0.15, -0.1) is 0 Å². The van der Waals surface area contributed by atoms with E-state index in [0.29, 0.717) is 11.4 Å². The van der Waals surface area contributed by atoms with Crippen molar-refractivity contribution in [1.29, 1.82) is 0 Å². The Kier molecular flexibility index (Phi) is 7.17. The molecule has 0 aliphatic heterocycles. The fraction of sp³-hybridized carbons (Fsp3) is 0.261. The van der Waals surface area contributed by atoms with Crippen molar-refractivity contribution < 1.29 is 26.9 Å². The molecule has 1 N–H and O–H groups in total. The molecule has 1 aromatic heterocycles. The molecule has 10 heteroatoms. The first-order chi connectivity index (χ1) is 15.6. The van der Waals surface area contributed by atoms with E-state index in [9.17, 15) is 18.0 Å². The number of ether oxygens (including phenoxy) is 1. The van der Waals surface area contributed by atoms with Crippen LogP contribution in [0.4, 0.5) is 5.82 Å². The summed E-state index contributed by atoms with van der Waals surface area (Å²) in [7, 11) is -4.20. The number of carbonyl (C=O) groups is 2. The van der Waals surface area contributed by atoms with Crippen LogP contribution in [-0.4, -0.2) is 36.7 Å². The molecule has 3 aromatic rings. The van der Waals surface area contributed by atoms with Crippen LogP contribution < -0.4 is 9.50 Å². The minimum Gasteiger partial charge on any atom is -0.452 e. The molecule has 0 bridgehead atoms. The third-order valence-corrected chi connectivity index (χ3v) is 6.06. The Balaban J connectivity index is 1.72. The SMILES string of the molecule is Cc1ccc(C)c(S(=O)(=O)Oc2ccccc2C(=O)OCC(=O)Nc2ccnn2C(C)C)c1. The highest BCUT2D eigenvalue weighted by Gasteiger charge is 2.24. The summed E-state index contributed by atoms with van der Waals surface area (Å²) < 4.78 is 37.6. The number of aryl methyl sites for hydroxylation is 2. The van der Waals surface area contributed by atoms with Gasteiger partial charge in [0.2, 0.25) is 0 Å². The predicted octanol–water partition coefficient (Wildman–Crippen LogP) is 3.64. The molecule has 0 saturated carbocycles. The van der Waals surface area contributed by atoms with Crippen molar-refractivity contribution in [3.05, 3.63) is 71.4 Å². The summed E-state index contributed by atoms with van der Waals surface area (Å²) in [5, 5.41) is 6.74. The highest BCUT2D eigenvalue weighted by atomic mass is 32.2. The van der Waals surface area contributed by atoms with Gasteiger partial charge >= 0.3 is 16.1 Å². The van der Waals surface area contributed by atoms with E-state index < -0.39 is 28.6 Å². The number of amides is 1. The molecule has 33 heavy (non-hydrogen) atoms. The van der Waals surface area contributed by atoms with Gasteiger partial charge < -0.3 is 14.2 Å². The number of nitrogens with one attached hydrogen (secondary N) is 1. The van der Waals surface area contributed by atoms with Crippen molar-refractivity contribution >= 4 is 27.8 Å². The number of rotatable bonds is 8. The second-order valence-corrected chi connectivity index (χ2v) is 9.20. The molecule has 1 heterocycles. The molecule has 0 spiro atoms. The Bertz CT molecular complexity index is 1280. The quantitative estimate of drug-likeness (QED) is 0.394. The first-order valence-electron chi connectivity index (χ1n) is 10.2. The molecule has 0 radical (unpaired) electrons. The average Bonchev–Trinajstić information content (AvgIpc) is 3.22. The number of para-hydroxylation sites is 1. The number of benzene rings is 2. The summed E-state index contributed by atoms with van der Waals surface area (Å²) >= 11 is 0. The van der Waals surface area contributed by atoms with Crippen LogP contribution in [0, 0.1) is 13.8 Å². The minimum absolute atomic E-state index is 0.00631. The van der Waals surface area contributed by atoms with Gasteiger partial charge in [0.15, 0.2) is 12.4 Å². The Morgan fingerprint density at radius 1 is 1.09 bits per heavy atom. The Morgan fingerprint density at radius 2 is 1.82 bits per heavy atom. The molecule has 174 valence electrons. The van der Waals surface area contributed by atoms with Crippen LogP contribution in [-0.2, 0) is 19.6 Å². The zero-order valence-corrected chi connectivity index (χ0v) is 19.5. The summed E-state index contributed by atoms with van der Waals surface area (Å²) in [4.78, 5) is 24.8. The van der Waals surface area contributed by atoms with Crippen LogP contribution in [0.5, 0.6) is 5.75 Å². The average molecular weight is 472 g/mol. The van der Waals surface area contributed by atoms with Gasteiger partial charge in [-0.2, -0.15) is 13.5 Å². The standard InChI is InChI=1S/C23H25N3O6S/c1-15(2)26-21(11-12-24-26)25-22(27)14-31-23(28)18-7-5-6-8-19(18)32-33(29,30)20-13-16(3)9-10-17(20)4/h5-13,15H,14H2,1-4H3,(H,25,27). The summed E-state index contributed by atoms with van der Waals surface area (Å²) in [5.74, 6) is -1.18. The number of nitrogens with zero attached hydrogens (tertiary/aromatic N) is 2. The largest absolute Gasteiger partial charge is 0.452 e. The van der Waals surface area contributed by atoms with E-state index in [0.717, 1.165) is 5.56 Å².